The van der Waals surface area contributed by atoms with Crippen molar-refractivity contribution in [2.24, 2.45) is 0 Å². The third-order valence-electron chi connectivity index (χ3n) is 4.14. The third kappa shape index (κ3) is 3.55. The normalized spacial score (nSPS) is 11.0. The molecule has 0 saturated carbocycles. The van der Waals surface area contributed by atoms with E-state index in [0.717, 1.165) is 24.2 Å². The molecule has 0 fully saturated rings. The number of H-pyrrole nitrogens is 1. The first-order chi connectivity index (χ1) is 13.2. The summed E-state index contributed by atoms with van der Waals surface area (Å²) in [5, 5.41) is 14.8. The quantitative estimate of drug-likeness (QED) is 0.550. The first-order valence-corrected chi connectivity index (χ1v) is 8.82. The minimum Gasteiger partial charge on any atom is -0.288 e. The van der Waals surface area contributed by atoms with Gasteiger partial charge in [-0.1, -0.05) is 37.3 Å². The van der Waals surface area contributed by atoms with E-state index in [2.05, 4.69) is 37.5 Å². The van der Waals surface area contributed by atoms with Crippen LogP contribution in [0.5, 0.6) is 0 Å². The van der Waals surface area contributed by atoms with Gasteiger partial charge < -0.3 is 0 Å². The highest BCUT2D eigenvalue weighted by Gasteiger charge is 2.19. The summed E-state index contributed by atoms with van der Waals surface area (Å²) in [6, 6.07) is 13.6. The van der Waals surface area contributed by atoms with Crippen molar-refractivity contribution in [1.82, 2.24) is 29.9 Å². The van der Waals surface area contributed by atoms with E-state index < -0.39 is 0 Å². The third-order valence-corrected chi connectivity index (χ3v) is 4.14. The van der Waals surface area contributed by atoms with Gasteiger partial charge in [-0.2, -0.15) is 10.1 Å². The number of nitrogens with one attached hydrogen (secondary N) is 2. The van der Waals surface area contributed by atoms with Crippen molar-refractivity contribution in [2.75, 3.05) is 5.32 Å². The monoisotopic (exact) mass is 361 g/mol. The lowest BCUT2D eigenvalue weighted by molar-refractivity contribution is 0.102. The second-order valence-corrected chi connectivity index (χ2v) is 6.18. The SMILES string of the molecule is CCCc1nc(NC(=O)c2nn(Cc3ccccc3)c3ncccc23)n[nH]1. The van der Waals surface area contributed by atoms with Crippen molar-refractivity contribution < 1.29 is 4.79 Å². The molecule has 0 unspecified atom stereocenters. The van der Waals surface area contributed by atoms with Gasteiger partial charge in [-0.05, 0) is 24.1 Å². The van der Waals surface area contributed by atoms with Crippen LogP contribution in [0, 0.1) is 0 Å². The standard InChI is InChI=1S/C19H19N7O/c1-2-7-15-21-19(24-23-15)22-18(27)16-14-10-6-11-20-17(14)26(25-16)12-13-8-4-3-5-9-13/h3-6,8-11H,2,7,12H2,1H3,(H2,21,22,23,24,27). The van der Waals surface area contributed by atoms with Gasteiger partial charge in [0.2, 0.25) is 5.95 Å². The molecule has 1 amide bonds. The molecule has 4 rings (SSSR count). The summed E-state index contributed by atoms with van der Waals surface area (Å²) in [5.74, 6) is 0.633. The summed E-state index contributed by atoms with van der Waals surface area (Å²) in [6.07, 6.45) is 3.42. The van der Waals surface area contributed by atoms with Crippen molar-refractivity contribution in [3.63, 3.8) is 0 Å². The highest BCUT2D eigenvalue weighted by molar-refractivity contribution is 6.10. The molecule has 8 heteroatoms. The molecule has 0 aliphatic heterocycles. The maximum absolute atomic E-state index is 12.8. The number of rotatable bonds is 6. The van der Waals surface area contributed by atoms with Gasteiger partial charge in [0.25, 0.3) is 5.91 Å². The van der Waals surface area contributed by atoms with Crippen LogP contribution >= 0.6 is 0 Å². The van der Waals surface area contributed by atoms with Crippen LogP contribution in [0.15, 0.2) is 48.7 Å². The summed E-state index contributed by atoms with van der Waals surface area (Å²) in [7, 11) is 0. The number of aromatic nitrogens is 6. The number of nitrogens with zero attached hydrogens (tertiary/aromatic N) is 5. The molecule has 4 aromatic rings. The van der Waals surface area contributed by atoms with Crippen molar-refractivity contribution in [2.45, 2.75) is 26.3 Å². The van der Waals surface area contributed by atoms with E-state index in [1.807, 2.05) is 36.4 Å². The number of aromatic amines is 1. The zero-order valence-corrected chi connectivity index (χ0v) is 14.9. The number of benzene rings is 1. The number of hydrogen-bond acceptors (Lipinski definition) is 5. The fourth-order valence-corrected chi connectivity index (χ4v) is 2.90. The lowest BCUT2D eigenvalue weighted by Crippen LogP contribution is -2.15. The summed E-state index contributed by atoms with van der Waals surface area (Å²) < 4.78 is 1.74. The Hall–Kier alpha value is -3.55. The van der Waals surface area contributed by atoms with Gasteiger partial charge in [0.1, 0.15) is 5.82 Å². The van der Waals surface area contributed by atoms with Crippen molar-refractivity contribution in [1.29, 1.82) is 0 Å². The van der Waals surface area contributed by atoms with Crippen LogP contribution in [0.3, 0.4) is 0 Å². The predicted octanol–water partition coefficient (Wildman–Crippen LogP) is 2.80. The van der Waals surface area contributed by atoms with Crippen LogP contribution in [-0.4, -0.2) is 35.9 Å². The molecule has 8 nitrogen and oxygen atoms in total. The number of hydrogen-bond donors (Lipinski definition) is 2. The molecule has 0 bridgehead atoms. The number of carbonyl (C=O) groups excluding carboxylic acids is 1. The van der Waals surface area contributed by atoms with Gasteiger partial charge in [-0.25, -0.2) is 9.67 Å². The largest absolute Gasteiger partial charge is 0.288 e. The highest BCUT2D eigenvalue weighted by atomic mass is 16.2. The first kappa shape index (κ1) is 16.9. The second kappa shape index (κ2) is 7.36. The highest BCUT2D eigenvalue weighted by Crippen LogP contribution is 2.18. The molecule has 2 N–H and O–H groups in total. The van der Waals surface area contributed by atoms with E-state index in [4.69, 9.17) is 0 Å². The molecule has 0 saturated heterocycles. The van der Waals surface area contributed by atoms with Gasteiger partial charge in [0.05, 0.1) is 11.9 Å². The number of amides is 1. The van der Waals surface area contributed by atoms with Gasteiger partial charge in [0.15, 0.2) is 11.3 Å². The Balaban J connectivity index is 1.63. The van der Waals surface area contributed by atoms with Crippen LogP contribution < -0.4 is 5.32 Å². The fourth-order valence-electron chi connectivity index (χ4n) is 2.90. The second-order valence-electron chi connectivity index (χ2n) is 6.18. The molecule has 3 heterocycles. The smallest absolute Gasteiger partial charge is 0.279 e. The number of pyridine rings is 1. The molecule has 0 atom stereocenters. The molecular weight excluding hydrogens is 342 g/mol. The number of carbonyl (C=O) groups is 1. The minimum absolute atomic E-state index is 0.248. The molecule has 0 aliphatic rings. The summed E-state index contributed by atoms with van der Waals surface area (Å²) in [6.45, 7) is 2.59. The van der Waals surface area contributed by atoms with Crippen LogP contribution in [0.2, 0.25) is 0 Å². The van der Waals surface area contributed by atoms with Gasteiger partial charge in [-0.3, -0.25) is 15.2 Å². The zero-order valence-electron chi connectivity index (χ0n) is 14.9. The van der Waals surface area contributed by atoms with Crippen LogP contribution in [0.4, 0.5) is 5.95 Å². The number of aryl methyl sites for hydroxylation is 1. The molecule has 0 aliphatic carbocycles. The summed E-state index contributed by atoms with van der Waals surface area (Å²) in [5.41, 5.74) is 2.04. The van der Waals surface area contributed by atoms with E-state index in [1.165, 1.54) is 0 Å². The Bertz CT molecular complexity index is 1070. The Morgan fingerprint density at radius 2 is 2.04 bits per heavy atom. The Morgan fingerprint density at radius 1 is 1.19 bits per heavy atom. The molecule has 0 radical (unpaired) electrons. The molecular formula is C19H19N7O. The first-order valence-electron chi connectivity index (χ1n) is 8.82. The average molecular weight is 361 g/mol. The maximum atomic E-state index is 12.8. The fraction of sp³-hybridized carbons (Fsp3) is 0.211. The van der Waals surface area contributed by atoms with E-state index >= 15 is 0 Å². The topological polar surface area (TPSA) is 101 Å². The number of fused-ring (bicyclic) bond motifs is 1. The van der Waals surface area contributed by atoms with E-state index in [-0.39, 0.29) is 11.9 Å². The maximum Gasteiger partial charge on any atom is 0.279 e. The Labute approximate surface area is 155 Å². The van der Waals surface area contributed by atoms with Crippen LogP contribution in [0.1, 0.15) is 35.2 Å². The minimum atomic E-state index is -0.359. The zero-order chi connectivity index (χ0) is 18.6. The van der Waals surface area contributed by atoms with Crippen molar-refractivity contribution in [3.8, 4) is 0 Å². The van der Waals surface area contributed by atoms with Crippen LogP contribution in [0.25, 0.3) is 11.0 Å². The van der Waals surface area contributed by atoms with E-state index in [1.54, 1.807) is 16.9 Å². The Kier molecular flexibility index (Phi) is 4.61. The average Bonchev–Trinajstić information content (AvgIpc) is 3.28. The van der Waals surface area contributed by atoms with Crippen molar-refractivity contribution in [3.05, 3.63) is 65.7 Å². The lowest BCUT2D eigenvalue weighted by atomic mass is 10.2. The molecule has 136 valence electrons. The predicted molar refractivity (Wildman–Crippen MR) is 101 cm³/mol. The Morgan fingerprint density at radius 3 is 2.85 bits per heavy atom. The summed E-state index contributed by atoms with van der Waals surface area (Å²) in [4.78, 5) is 21.4. The summed E-state index contributed by atoms with van der Waals surface area (Å²) >= 11 is 0. The van der Waals surface area contributed by atoms with Crippen LogP contribution in [-0.2, 0) is 13.0 Å². The van der Waals surface area contributed by atoms with Gasteiger partial charge >= 0.3 is 0 Å². The molecule has 0 spiro atoms. The molecule has 1 aromatic carbocycles. The molecule has 3 aromatic heterocycles. The lowest BCUT2D eigenvalue weighted by Gasteiger charge is -2.02. The van der Waals surface area contributed by atoms with Gasteiger partial charge in [-0.15, -0.1) is 5.10 Å². The van der Waals surface area contributed by atoms with Crippen molar-refractivity contribution >= 4 is 22.9 Å². The van der Waals surface area contributed by atoms with E-state index in [9.17, 15) is 4.79 Å². The van der Waals surface area contributed by atoms with Gasteiger partial charge in [0, 0.05) is 12.6 Å². The number of anilines is 1. The van der Waals surface area contributed by atoms with E-state index in [0.29, 0.717) is 23.3 Å². The molecule has 27 heavy (non-hydrogen) atoms.